The molecule has 0 amide bonds. The highest BCUT2D eigenvalue weighted by atomic mass is 16.4. The summed E-state index contributed by atoms with van der Waals surface area (Å²) < 4.78 is 0. The minimum absolute atomic E-state index is 0.807. The summed E-state index contributed by atoms with van der Waals surface area (Å²) in [7, 11) is 0. The first-order chi connectivity index (χ1) is 8.91. The van der Waals surface area contributed by atoms with E-state index in [1.165, 1.54) is 11.3 Å². The molecule has 2 rings (SSSR count). The maximum absolute atomic E-state index is 11.2. The molecular formula is C15H22N2O2. The van der Waals surface area contributed by atoms with Crippen molar-refractivity contribution in [2.24, 2.45) is 0 Å². The van der Waals surface area contributed by atoms with Gasteiger partial charge in [0.25, 0.3) is 0 Å². The zero-order valence-electron chi connectivity index (χ0n) is 11.9. The third-order valence-electron chi connectivity index (χ3n) is 4.13. The Balaban J connectivity index is 2.02. The zero-order chi connectivity index (χ0) is 14.0. The number of aliphatic carboxylic acids is 1. The number of quaternary nitrogens is 1. The number of aryl methyl sites for hydroxylation is 1. The van der Waals surface area contributed by atoms with E-state index in [9.17, 15) is 9.90 Å². The molecule has 0 aliphatic carbocycles. The van der Waals surface area contributed by atoms with E-state index in [-0.39, 0.29) is 0 Å². The molecule has 0 spiro atoms. The number of hydrogen-bond donors (Lipinski definition) is 1. The highest BCUT2D eigenvalue weighted by molar-refractivity contribution is 5.73. The van der Waals surface area contributed by atoms with Crippen LogP contribution in [0.25, 0.3) is 0 Å². The van der Waals surface area contributed by atoms with E-state index in [4.69, 9.17) is 0 Å². The van der Waals surface area contributed by atoms with Crippen LogP contribution in [0.1, 0.15) is 19.4 Å². The van der Waals surface area contributed by atoms with Crippen molar-refractivity contribution in [2.45, 2.75) is 26.3 Å². The van der Waals surface area contributed by atoms with Gasteiger partial charge in [-0.2, -0.15) is 0 Å². The van der Waals surface area contributed by atoms with Gasteiger partial charge in [0, 0.05) is 5.69 Å². The van der Waals surface area contributed by atoms with Gasteiger partial charge < -0.3 is 19.7 Å². The number of anilines is 1. The van der Waals surface area contributed by atoms with Gasteiger partial charge in [0.05, 0.1) is 26.2 Å². The zero-order valence-corrected chi connectivity index (χ0v) is 11.9. The van der Waals surface area contributed by atoms with E-state index in [0.717, 1.165) is 31.1 Å². The number of nitrogens with zero attached hydrogens (tertiary/aromatic N) is 1. The van der Waals surface area contributed by atoms with Gasteiger partial charge in [-0.15, -0.1) is 0 Å². The second-order valence-corrected chi connectivity index (χ2v) is 5.84. The Morgan fingerprint density at radius 2 is 1.95 bits per heavy atom. The van der Waals surface area contributed by atoms with E-state index in [2.05, 4.69) is 36.1 Å². The first kappa shape index (κ1) is 13.9. The van der Waals surface area contributed by atoms with E-state index in [1.807, 2.05) is 0 Å². The van der Waals surface area contributed by atoms with E-state index < -0.39 is 11.5 Å². The van der Waals surface area contributed by atoms with Crippen molar-refractivity contribution in [3.8, 4) is 0 Å². The Morgan fingerprint density at radius 1 is 1.32 bits per heavy atom. The normalized spacial score (nSPS) is 17.5. The molecule has 0 bridgehead atoms. The van der Waals surface area contributed by atoms with Crippen LogP contribution in [0.3, 0.4) is 0 Å². The summed E-state index contributed by atoms with van der Waals surface area (Å²) in [6.45, 7) is 9.01. The summed E-state index contributed by atoms with van der Waals surface area (Å²) in [5.41, 5.74) is 1.67. The fourth-order valence-electron chi connectivity index (χ4n) is 2.63. The third kappa shape index (κ3) is 2.89. The Bertz CT molecular complexity index is 463. The molecule has 0 saturated carbocycles. The lowest BCUT2D eigenvalue weighted by Crippen LogP contribution is -3.23. The molecule has 104 valence electrons. The van der Waals surface area contributed by atoms with Gasteiger partial charge in [-0.05, 0) is 38.5 Å². The molecular weight excluding hydrogens is 240 g/mol. The number of carbonyl (C=O) groups excluding carboxylic acids is 1. The largest absolute Gasteiger partial charge is 0.544 e. The molecule has 0 radical (unpaired) electrons. The van der Waals surface area contributed by atoms with Crippen molar-refractivity contribution in [3.05, 3.63) is 29.8 Å². The monoisotopic (exact) mass is 262 g/mol. The lowest BCUT2D eigenvalue weighted by molar-refractivity contribution is -0.941. The topological polar surface area (TPSA) is 47.8 Å². The molecule has 0 atom stereocenters. The summed E-state index contributed by atoms with van der Waals surface area (Å²) in [4.78, 5) is 14.6. The molecule has 1 aromatic carbocycles. The smallest absolute Gasteiger partial charge is 0.132 e. The minimum Gasteiger partial charge on any atom is -0.544 e. The molecule has 0 aromatic heterocycles. The summed E-state index contributed by atoms with van der Waals surface area (Å²) >= 11 is 0. The fourth-order valence-corrected chi connectivity index (χ4v) is 2.63. The van der Waals surface area contributed by atoms with E-state index >= 15 is 0 Å². The lowest BCUT2D eigenvalue weighted by atomic mass is 10.0. The van der Waals surface area contributed by atoms with Gasteiger partial charge in [-0.25, -0.2) is 0 Å². The Labute approximate surface area is 114 Å². The number of carbonyl (C=O) groups is 1. The number of carboxylic acids is 1. The first-order valence-electron chi connectivity index (χ1n) is 6.79. The van der Waals surface area contributed by atoms with Crippen LogP contribution in [0.2, 0.25) is 0 Å². The summed E-state index contributed by atoms with van der Waals surface area (Å²) in [6.07, 6.45) is 0. The predicted molar refractivity (Wildman–Crippen MR) is 73.2 cm³/mol. The third-order valence-corrected chi connectivity index (χ3v) is 4.13. The molecule has 4 nitrogen and oxygen atoms in total. The van der Waals surface area contributed by atoms with Gasteiger partial charge in [0.1, 0.15) is 11.5 Å². The fraction of sp³-hybridized carbons (Fsp3) is 0.533. The van der Waals surface area contributed by atoms with E-state index in [1.54, 1.807) is 13.8 Å². The standard InChI is InChI=1S/C15H22N2O2/c1-12-5-4-6-13(11-12)16-7-9-17(10-8-16)15(2,3)14(18)19/h4-6,11H,7-10H2,1-3H3,(H,18,19). The van der Waals surface area contributed by atoms with Gasteiger partial charge in [-0.1, -0.05) is 12.1 Å². The number of rotatable bonds is 3. The SMILES string of the molecule is Cc1cccc(N2CC[NH+](C(C)(C)C(=O)[O-])CC2)c1. The molecule has 1 aromatic rings. The number of carboxylic acid groups (broad SMARTS) is 1. The average Bonchev–Trinajstić information content (AvgIpc) is 2.38. The number of benzene rings is 1. The van der Waals surface area contributed by atoms with Crippen molar-refractivity contribution < 1.29 is 14.8 Å². The van der Waals surface area contributed by atoms with Gasteiger partial charge in [-0.3, -0.25) is 0 Å². The quantitative estimate of drug-likeness (QED) is 0.778. The molecule has 1 fully saturated rings. The summed E-state index contributed by atoms with van der Waals surface area (Å²) in [6, 6.07) is 8.44. The van der Waals surface area contributed by atoms with Crippen molar-refractivity contribution in [1.29, 1.82) is 0 Å². The molecule has 19 heavy (non-hydrogen) atoms. The molecule has 1 aliphatic rings. The molecule has 1 N–H and O–H groups in total. The van der Waals surface area contributed by atoms with Crippen LogP contribution in [0.5, 0.6) is 0 Å². The van der Waals surface area contributed by atoms with Crippen molar-refractivity contribution in [3.63, 3.8) is 0 Å². The second kappa shape index (κ2) is 5.21. The minimum atomic E-state index is -0.966. The maximum Gasteiger partial charge on any atom is 0.132 e. The van der Waals surface area contributed by atoms with Gasteiger partial charge >= 0.3 is 0 Å². The van der Waals surface area contributed by atoms with Crippen LogP contribution < -0.4 is 14.9 Å². The number of nitrogens with one attached hydrogen (secondary N) is 1. The van der Waals surface area contributed by atoms with Crippen LogP contribution in [-0.4, -0.2) is 37.7 Å². The molecule has 1 aliphatic heterocycles. The Hall–Kier alpha value is -1.55. The molecule has 0 unspecified atom stereocenters. The molecule has 4 heteroatoms. The summed E-state index contributed by atoms with van der Waals surface area (Å²) in [5.74, 6) is -0.966. The van der Waals surface area contributed by atoms with Crippen molar-refractivity contribution >= 4 is 11.7 Å². The average molecular weight is 262 g/mol. The Morgan fingerprint density at radius 3 is 2.47 bits per heavy atom. The van der Waals surface area contributed by atoms with Crippen LogP contribution >= 0.6 is 0 Å². The highest BCUT2D eigenvalue weighted by Gasteiger charge is 2.35. The molecule has 1 heterocycles. The van der Waals surface area contributed by atoms with Crippen LogP contribution in [0.15, 0.2) is 24.3 Å². The first-order valence-corrected chi connectivity index (χ1v) is 6.79. The van der Waals surface area contributed by atoms with E-state index in [0.29, 0.717) is 0 Å². The van der Waals surface area contributed by atoms with Crippen molar-refractivity contribution in [2.75, 3.05) is 31.1 Å². The van der Waals surface area contributed by atoms with Crippen molar-refractivity contribution in [1.82, 2.24) is 0 Å². The van der Waals surface area contributed by atoms with Gasteiger partial charge in [0.2, 0.25) is 0 Å². The second-order valence-electron chi connectivity index (χ2n) is 5.84. The Kier molecular flexibility index (Phi) is 3.80. The summed E-state index contributed by atoms with van der Waals surface area (Å²) in [5, 5.41) is 11.2. The molecule has 1 saturated heterocycles. The van der Waals surface area contributed by atoms with Gasteiger partial charge in [0.15, 0.2) is 0 Å². The number of hydrogen-bond acceptors (Lipinski definition) is 3. The lowest BCUT2D eigenvalue weighted by Gasteiger charge is -2.42. The van der Waals surface area contributed by atoms with Crippen LogP contribution in [-0.2, 0) is 4.79 Å². The maximum atomic E-state index is 11.2. The van der Waals surface area contributed by atoms with Crippen LogP contribution in [0, 0.1) is 6.92 Å². The van der Waals surface area contributed by atoms with Crippen LogP contribution in [0.4, 0.5) is 5.69 Å². The highest BCUT2D eigenvalue weighted by Crippen LogP contribution is 2.15. The number of piperazine rings is 1. The predicted octanol–water partition coefficient (Wildman–Crippen LogP) is -0.772.